The van der Waals surface area contributed by atoms with Gasteiger partial charge in [0.05, 0.1) is 0 Å². The Morgan fingerprint density at radius 1 is 1.50 bits per heavy atom. The number of nitrogens with zero attached hydrogens (tertiary/aromatic N) is 2. The summed E-state index contributed by atoms with van der Waals surface area (Å²) in [6.45, 7) is 3.88. The second-order valence-electron chi connectivity index (χ2n) is 4.57. The summed E-state index contributed by atoms with van der Waals surface area (Å²) in [6, 6.07) is 0.506. The van der Waals surface area contributed by atoms with E-state index in [0.29, 0.717) is 12.0 Å². The van der Waals surface area contributed by atoms with Crippen molar-refractivity contribution in [3.8, 4) is 0 Å². The quantitative estimate of drug-likeness (QED) is 0.817. The number of nitrogens with two attached hydrogens (primary N) is 1. The van der Waals surface area contributed by atoms with E-state index in [2.05, 4.69) is 21.8 Å². The van der Waals surface area contributed by atoms with Crippen molar-refractivity contribution in [2.24, 2.45) is 11.7 Å². The number of anilines is 1. The van der Waals surface area contributed by atoms with Crippen molar-refractivity contribution in [1.82, 2.24) is 9.55 Å². The van der Waals surface area contributed by atoms with Gasteiger partial charge in [0.15, 0.2) is 0 Å². The number of aryl methyl sites for hydroxylation is 1. The zero-order valence-corrected chi connectivity index (χ0v) is 10.0. The highest BCUT2D eigenvalue weighted by atomic mass is 15.2. The maximum Gasteiger partial charge on any atom is 0.202 e. The minimum Gasteiger partial charge on any atom is -0.353 e. The van der Waals surface area contributed by atoms with Crippen LogP contribution in [0.5, 0.6) is 0 Å². The predicted octanol–water partition coefficient (Wildman–Crippen LogP) is 1.83. The first-order chi connectivity index (χ1) is 7.85. The number of imidazole rings is 1. The van der Waals surface area contributed by atoms with Crippen LogP contribution in [-0.4, -0.2) is 22.1 Å². The summed E-state index contributed by atoms with van der Waals surface area (Å²) in [7, 11) is 0. The molecule has 1 aliphatic carbocycles. The molecule has 0 bridgehead atoms. The Hall–Kier alpha value is -1.03. The second kappa shape index (κ2) is 5.34. The van der Waals surface area contributed by atoms with Crippen LogP contribution in [0.2, 0.25) is 0 Å². The molecule has 0 aromatic carbocycles. The van der Waals surface area contributed by atoms with Crippen LogP contribution in [-0.2, 0) is 6.54 Å². The summed E-state index contributed by atoms with van der Waals surface area (Å²) in [4.78, 5) is 4.36. The lowest BCUT2D eigenvalue weighted by Gasteiger charge is -2.31. The number of aromatic nitrogens is 2. The molecule has 2 rings (SSSR count). The van der Waals surface area contributed by atoms with E-state index in [1.807, 2.05) is 12.4 Å². The highest BCUT2D eigenvalue weighted by Crippen LogP contribution is 2.26. The average molecular weight is 222 g/mol. The zero-order chi connectivity index (χ0) is 11.4. The van der Waals surface area contributed by atoms with E-state index in [1.165, 1.54) is 25.7 Å². The maximum absolute atomic E-state index is 5.83. The minimum absolute atomic E-state index is 0.506. The van der Waals surface area contributed by atoms with Gasteiger partial charge >= 0.3 is 0 Å². The Kier molecular flexibility index (Phi) is 3.83. The van der Waals surface area contributed by atoms with Crippen LogP contribution in [0.4, 0.5) is 5.95 Å². The van der Waals surface area contributed by atoms with Gasteiger partial charge < -0.3 is 15.6 Å². The van der Waals surface area contributed by atoms with Gasteiger partial charge in [0.25, 0.3) is 0 Å². The summed E-state index contributed by atoms with van der Waals surface area (Å²) in [5, 5.41) is 3.55. The Labute approximate surface area is 97.2 Å². The van der Waals surface area contributed by atoms with Crippen LogP contribution in [0.25, 0.3) is 0 Å². The molecular weight excluding hydrogens is 200 g/mol. The van der Waals surface area contributed by atoms with Crippen LogP contribution < -0.4 is 11.1 Å². The SMILES string of the molecule is CCn1ccnc1NC1CCCCC1CN. The molecule has 16 heavy (non-hydrogen) atoms. The van der Waals surface area contributed by atoms with Gasteiger partial charge in [0, 0.05) is 25.0 Å². The zero-order valence-electron chi connectivity index (χ0n) is 10.0. The van der Waals surface area contributed by atoms with E-state index in [1.54, 1.807) is 0 Å². The van der Waals surface area contributed by atoms with E-state index in [0.717, 1.165) is 19.0 Å². The van der Waals surface area contributed by atoms with Crippen molar-refractivity contribution in [2.45, 2.75) is 45.2 Å². The molecule has 0 amide bonds. The number of hydrogen-bond donors (Lipinski definition) is 2. The standard InChI is InChI=1S/C12H22N4/c1-2-16-8-7-14-12(16)15-11-6-4-3-5-10(11)9-13/h7-8,10-11H,2-6,9,13H2,1H3,(H,14,15). The van der Waals surface area contributed by atoms with E-state index < -0.39 is 0 Å². The van der Waals surface area contributed by atoms with Gasteiger partial charge in [0.2, 0.25) is 5.95 Å². The van der Waals surface area contributed by atoms with Crippen molar-refractivity contribution in [1.29, 1.82) is 0 Å². The Balaban J connectivity index is 2.02. The van der Waals surface area contributed by atoms with E-state index in [9.17, 15) is 0 Å². The Bertz CT molecular complexity index is 321. The van der Waals surface area contributed by atoms with E-state index in [4.69, 9.17) is 5.73 Å². The monoisotopic (exact) mass is 222 g/mol. The molecule has 2 atom stereocenters. The molecule has 4 heteroatoms. The molecule has 90 valence electrons. The van der Waals surface area contributed by atoms with Crippen LogP contribution in [0.1, 0.15) is 32.6 Å². The highest BCUT2D eigenvalue weighted by molar-refractivity contribution is 5.28. The molecule has 0 radical (unpaired) electrons. The van der Waals surface area contributed by atoms with Crippen LogP contribution in [0.15, 0.2) is 12.4 Å². The number of rotatable bonds is 4. The molecule has 1 aromatic rings. The first-order valence-electron chi connectivity index (χ1n) is 6.33. The lowest BCUT2D eigenvalue weighted by atomic mass is 9.84. The van der Waals surface area contributed by atoms with Gasteiger partial charge in [-0.3, -0.25) is 0 Å². The molecule has 1 aliphatic rings. The molecule has 0 saturated heterocycles. The van der Waals surface area contributed by atoms with Crippen LogP contribution >= 0.6 is 0 Å². The van der Waals surface area contributed by atoms with Gasteiger partial charge in [-0.2, -0.15) is 0 Å². The fourth-order valence-corrected chi connectivity index (χ4v) is 2.55. The van der Waals surface area contributed by atoms with Crippen molar-refractivity contribution >= 4 is 5.95 Å². The van der Waals surface area contributed by atoms with Gasteiger partial charge in [-0.25, -0.2) is 4.98 Å². The molecule has 1 saturated carbocycles. The molecule has 2 unspecified atom stereocenters. The largest absolute Gasteiger partial charge is 0.353 e. The minimum atomic E-state index is 0.506. The molecule has 4 nitrogen and oxygen atoms in total. The third kappa shape index (κ3) is 2.38. The van der Waals surface area contributed by atoms with Gasteiger partial charge in [-0.15, -0.1) is 0 Å². The van der Waals surface area contributed by atoms with Gasteiger partial charge in [-0.1, -0.05) is 12.8 Å². The molecule has 0 spiro atoms. The first kappa shape index (κ1) is 11.5. The normalized spacial score (nSPS) is 25.6. The lowest BCUT2D eigenvalue weighted by Crippen LogP contribution is -2.37. The predicted molar refractivity (Wildman–Crippen MR) is 66.3 cm³/mol. The van der Waals surface area contributed by atoms with Crippen molar-refractivity contribution < 1.29 is 0 Å². The molecule has 1 fully saturated rings. The van der Waals surface area contributed by atoms with Crippen molar-refractivity contribution in [2.75, 3.05) is 11.9 Å². The summed E-state index contributed by atoms with van der Waals surface area (Å²) in [5.41, 5.74) is 5.83. The molecule has 0 aliphatic heterocycles. The fourth-order valence-electron chi connectivity index (χ4n) is 2.55. The number of nitrogens with one attached hydrogen (secondary N) is 1. The molecule has 1 aromatic heterocycles. The van der Waals surface area contributed by atoms with Gasteiger partial charge in [-0.05, 0) is 32.2 Å². The maximum atomic E-state index is 5.83. The summed E-state index contributed by atoms with van der Waals surface area (Å²) in [6.07, 6.45) is 8.97. The summed E-state index contributed by atoms with van der Waals surface area (Å²) >= 11 is 0. The second-order valence-corrected chi connectivity index (χ2v) is 4.57. The fraction of sp³-hybridized carbons (Fsp3) is 0.750. The smallest absolute Gasteiger partial charge is 0.202 e. The summed E-state index contributed by atoms with van der Waals surface area (Å²) in [5.74, 6) is 1.60. The van der Waals surface area contributed by atoms with Crippen molar-refractivity contribution in [3.05, 3.63) is 12.4 Å². The Morgan fingerprint density at radius 3 is 3.06 bits per heavy atom. The van der Waals surface area contributed by atoms with Gasteiger partial charge in [0.1, 0.15) is 0 Å². The third-order valence-electron chi connectivity index (χ3n) is 3.58. The number of hydrogen-bond acceptors (Lipinski definition) is 3. The topological polar surface area (TPSA) is 55.9 Å². The highest BCUT2D eigenvalue weighted by Gasteiger charge is 2.24. The van der Waals surface area contributed by atoms with E-state index in [-0.39, 0.29) is 0 Å². The van der Waals surface area contributed by atoms with Crippen molar-refractivity contribution in [3.63, 3.8) is 0 Å². The molecule has 1 heterocycles. The first-order valence-corrected chi connectivity index (χ1v) is 6.33. The van der Waals surface area contributed by atoms with Crippen LogP contribution in [0, 0.1) is 5.92 Å². The molecule has 3 N–H and O–H groups in total. The summed E-state index contributed by atoms with van der Waals surface area (Å²) < 4.78 is 2.14. The lowest BCUT2D eigenvalue weighted by molar-refractivity contribution is 0.331. The van der Waals surface area contributed by atoms with Crippen LogP contribution in [0.3, 0.4) is 0 Å². The third-order valence-corrected chi connectivity index (χ3v) is 3.58. The van der Waals surface area contributed by atoms with E-state index >= 15 is 0 Å². The average Bonchev–Trinajstić information content (AvgIpc) is 2.77. The molecular formula is C12H22N4. The Morgan fingerprint density at radius 2 is 2.31 bits per heavy atom.